The molecule has 1 saturated heterocycles. The average molecular weight is 328 g/mol. The van der Waals surface area contributed by atoms with Gasteiger partial charge in [-0.05, 0) is 24.5 Å². The summed E-state index contributed by atoms with van der Waals surface area (Å²) in [6, 6.07) is 5.94. The molecule has 1 aliphatic heterocycles. The molecule has 0 radical (unpaired) electrons. The Kier molecular flexibility index (Phi) is 4.80. The van der Waals surface area contributed by atoms with E-state index in [-0.39, 0.29) is 5.91 Å². The highest BCUT2D eigenvalue weighted by Crippen LogP contribution is 2.28. The van der Waals surface area contributed by atoms with Crippen LogP contribution < -0.4 is 10.6 Å². The topological polar surface area (TPSA) is 75.1 Å². The summed E-state index contributed by atoms with van der Waals surface area (Å²) in [6.45, 7) is 2.57. The first kappa shape index (κ1) is 16.4. The standard InChI is InChI=1S/C17H24N6O/c1-18-16(24)17(21-15-5-9-20-22(15)2)6-10-23(11-7-17)13-14-4-3-8-19-12-14/h3-5,8-9,12,21H,6-7,10-11,13H2,1-2H3,(H,18,24). The van der Waals surface area contributed by atoms with Gasteiger partial charge in [-0.2, -0.15) is 5.10 Å². The Morgan fingerprint density at radius 2 is 2.08 bits per heavy atom. The smallest absolute Gasteiger partial charge is 0.245 e. The van der Waals surface area contributed by atoms with Crippen LogP contribution in [-0.4, -0.2) is 51.2 Å². The molecule has 1 amide bonds. The first-order valence-electron chi connectivity index (χ1n) is 8.22. The number of pyridine rings is 1. The Labute approximate surface area is 142 Å². The zero-order valence-corrected chi connectivity index (χ0v) is 14.2. The van der Waals surface area contributed by atoms with Gasteiger partial charge >= 0.3 is 0 Å². The number of nitrogens with one attached hydrogen (secondary N) is 2. The number of hydrogen-bond donors (Lipinski definition) is 2. The van der Waals surface area contributed by atoms with E-state index in [1.165, 1.54) is 5.56 Å². The van der Waals surface area contributed by atoms with E-state index >= 15 is 0 Å². The van der Waals surface area contributed by atoms with Crippen molar-refractivity contribution in [1.82, 2.24) is 25.0 Å². The van der Waals surface area contributed by atoms with Crippen molar-refractivity contribution < 1.29 is 4.79 Å². The molecule has 1 aliphatic rings. The third-order valence-electron chi connectivity index (χ3n) is 4.69. The van der Waals surface area contributed by atoms with Crippen LogP contribution in [0.3, 0.4) is 0 Å². The number of anilines is 1. The second kappa shape index (κ2) is 7.00. The fourth-order valence-corrected chi connectivity index (χ4v) is 3.23. The van der Waals surface area contributed by atoms with Gasteiger partial charge in [0.1, 0.15) is 11.4 Å². The molecular weight excluding hydrogens is 304 g/mol. The zero-order valence-electron chi connectivity index (χ0n) is 14.2. The van der Waals surface area contributed by atoms with E-state index in [1.54, 1.807) is 24.1 Å². The van der Waals surface area contributed by atoms with Crippen molar-refractivity contribution in [1.29, 1.82) is 0 Å². The van der Waals surface area contributed by atoms with Crippen LogP contribution >= 0.6 is 0 Å². The number of hydrogen-bond acceptors (Lipinski definition) is 5. The zero-order chi connectivity index (χ0) is 17.0. The summed E-state index contributed by atoms with van der Waals surface area (Å²) in [6.07, 6.45) is 6.91. The maximum atomic E-state index is 12.6. The summed E-state index contributed by atoms with van der Waals surface area (Å²) in [7, 11) is 3.56. The molecule has 2 aromatic heterocycles. The molecule has 3 heterocycles. The van der Waals surface area contributed by atoms with E-state index in [0.29, 0.717) is 0 Å². The van der Waals surface area contributed by atoms with Gasteiger partial charge in [-0.25, -0.2) is 0 Å². The Hall–Kier alpha value is -2.41. The normalized spacial score (nSPS) is 17.4. The number of amides is 1. The predicted octanol–water partition coefficient (Wildman–Crippen LogP) is 1.01. The van der Waals surface area contributed by atoms with Gasteiger partial charge in [0.2, 0.25) is 5.91 Å². The lowest BCUT2D eigenvalue weighted by atomic mass is 9.86. The van der Waals surface area contributed by atoms with Crippen LogP contribution in [0, 0.1) is 0 Å². The Morgan fingerprint density at radius 3 is 2.67 bits per heavy atom. The van der Waals surface area contributed by atoms with Crippen molar-refractivity contribution in [2.45, 2.75) is 24.9 Å². The van der Waals surface area contributed by atoms with Crippen LogP contribution in [0.15, 0.2) is 36.8 Å². The van der Waals surface area contributed by atoms with Crippen LogP contribution in [-0.2, 0) is 18.4 Å². The Bertz CT molecular complexity index is 675. The van der Waals surface area contributed by atoms with Gasteiger partial charge in [0.05, 0.1) is 6.20 Å². The fourth-order valence-electron chi connectivity index (χ4n) is 3.23. The molecule has 7 heteroatoms. The molecule has 2 aromatic rings. The summed E-state index contributed by atoms with van der Waals surface area (Å²) >= 11 is 0. The van der Waals surface area contributed by atoms with Crippen molar-refractivity contribution >= 4 is 11.7 Å². The van der Waals surface area contributed by atoms with Crippen molar-refractivity contribution in [2.75, 3.05) is 25.5 Å². The number of carbonyl (C=O) groups is 1. The van der Waals surface area contributed by atoms with Gasteiger partial charge in [0, 0.05) is 52.2 Å². The van der Waals surface area contributed by atoms with E-state index in [1.807, 2.05) is 25.4 Å². The summed E-state index contributed by atoms with van der Waals surface area (Å²) < 4.78 is 1.76. The number of piperidine rings is 1. The van der Waals surface area contributed by atoms with E-state index in [9.17, 15) is 4.79 Å². The lowest BCUT2D eigenvalue weighted by Gasteiger charge is -2.41. The van der Waals surface area contributed by atoms with Gasteiger partial charge in [-0.3, -0.25) is 19.4 Å². The molecule has 128 valence electrons. The molecular formula is C17H24N6O. The van der Waals surface area contributed by atoms with Gasteiger partial charge < -0.3 is 10.6 Å². The van der Waals surface area contributed by atoms with Crippen LogP contribution in [0.5, 0.6) is 0 Å². The second-order valence-corrected chi connectivity index (χ2v) is 6.26. The first-order valence-corrected chi connectivity index (χ1v) is 8.22. The molecule has 1 fully saturated rings. The highest BCUT2D eigenvalue weighted by atomic mass is 16.2. The van der Waals surface area contributed by atoms with Gasteiger partial charge in [0.25, 0.3) is 0 Å². The monoisotopic (exact) mass is 328 g/mol. The third kappa shape index (κ3) is 3.41. The van der Waals surface area contributed by atoms with E-state index < -0.39 is 5.54 Å². The summed E-state index contributed by atoms with van der Waals surface area (Å²) in [5.74, 6) is 0.893. The molecule has 3 rings (SSSR count). The summed E-state index contributed by atoms with van der Waals surface area (Å²) in [5.41, 5.74) is 0.609. The van der Waals surface area contributed by atoms with Crippen molar-refractivity contribution in [2.24, 2.45) is 7.05 Å². The lowest BCUT2D eigenvalue weighted by molar-refractivity contribution is -0.126. The van der Waals surface area contributed by atoms with Gasteiger partial charge in [-0.1, -0.05) is 6.07 Å². The minimum atomic E-state index is -0.589. The van der Waals surface area contributed by atoms with E-state index in [0.717, 1.165) is 38.3 Å². The highest BCUT2D eigenvalue weighted by Gasteiger charge is 2.41. The number of likely N-dealkylation sites (tertiary alicyclic amines) is 1. The van der Waals surface area contributed by atoms with E-state index in [2.05, 4.69) is 31.7 Å². The van der Waals surface area contributed by atoms with Crippen LogP contribution in [0.1, 0.15) is 18.4 Å². The Morgan fingerprint density at radius 1 is 1.29 bits per heavy atom. The average Bonchev–Trinajstić information content (AvgIpc) is 3.01. The molecule has 0 aliphatic carbocycles. The summed E-state index contributed by atoms with van der Waals surface area (Å²) in [5, 5.41) is 10.4. The fraction of sp³-hybridized carbons (Fsp3) is 0.471. The van der Waals surface area contributed by atoms with Crippen LogP contribution in [0.25, 0.3) is 0 Å². The molecule has 0 bridgehead atoms. The highest BCUT2D eigenvalue weighted by molar-refractivity contribution is 5.89. The maximum Gasteiger partial charge on any atom is 0.245 e. The lowest BCUT2D eigenvalue weighted by Crippen LogP contribution is -2.57. The minimum absolute atomic E-state index is 0.0322. The quantitative estimate of drug-likeness (QED) is 0.857. The second-order valence-electron chi connectivity index (χ2n) is 6.26. The molecule has 0 unspecified atom stereocenters. The third-order valence-corrected chi connectivity index (χ3v) is 4.69. The number of aromatic nitrogens is 3. The van der Waals surface area contributed by atoms with Crippen LogP contribution in [0.4, 0.5) is 5.82 Å². The first-order chi connectivity index (χ1) is 11.6. The molecule has 0 saturated carbocycles. The van der Waals surface area contributed by atoms with Crippen LogP contribution in [0.2, 0.25) is 0 Å². The number of rotatable bonds is 5. The number of aryl methyl sites for hydroxylation is 1. The molecule has 24 heavy (non-hydrogen) atoms. The van der Waals surface area contributed by atoms with Crippen molar-refractivity contribution in [3.8, 4) is 0 Å². The minimum Gasteiger partial charge on any atom is -0.357 e. The largest absolute Gasteiger partial charge is 0.357 e. The predicted molar refractivity (Wildman–Crippen MR) is 92.4 cm³/mol. The molecule has 0 aromatic carbocycles. The molecule has 0 atom stereocenters. The van der Waals surface area contributed by atoms with E-state index in [4.69, 9.17) is 0 Å². The SMILES string of the molecule is CNC(=O)C1(Nc2ccnn2C)CCN(Cc2cccnc2)CC1. The van der Waals surface area contributed by atoms with Crippen molar-refractivity contribution in [3.05, 3.63) is 42.4 Å². The van der Waals surface area contributed by atoms with Gasteiger partial charge in [0.15, 0.2) is 0 Å². The Balaban J connectivity index is 1.69. The number of carbonyl (C=O) groups excluding carboxylic acids is 1. The molecule has 7 nitrogen and oxygen atoms in total. The number of likely N-dealkylation sites (N-methyl/N-ethyl adjacent to an activating group) is 1. The van der Waals surface area contributed by atoms with Gasteiger partial charge in [-0.15, -0.1) is 0 Å². The number of nitrogens with zero attached hydrogens (tertiary/aromatic N) is 4. The maximum absolute atomic E-state index is 12.6. The van der Waals surface area contributed by atoms with Crippen molar-refractivity contribution in [3.63, 3.8) is 0 Å². The summed E-state index contributed by atoms with van der Waals surface area (Å²) in [4.78, 5) is 19.1. The molecule has 2 N–H and O–H groups in total. The molecule has 0 spiro atoms.